The first-order valence-electron chi connectivity index (χ1n) is 7.57. The first-order chi connectivity index (χ1) is 10.3. The Labute approximate surface area is 125 Å². The molecule has 1 unspecified atom stereocenters. The van der Waals surface area contributed by atoms with E-state index in [0.29, 0.717) is 6.04 Å². The van der Waals surface area contributed by atoms with E-state index in [1.54, 1.807) is 0 Å². The van der Waals surface area contributed by atoms with Crippen molar-refractivity contribution in [2.75, 3.05) is 6.54 Å². The standard InChI is InChI=1S/C17H21N3O/c1-19-12-3-5-16(19)17(21)20-13-2-4-15(20)7-6-14-8-10-18-11-9-14/h3,5,8-12,15H,2,4,6-7,13H2,1H3. The van der Waals surface area contributed by atoms with Crippen molar-refractivity contribution >= 4 is 5.91 Å². The highest BCUT2D eigenvalue weighted by atomic mass is 16.2. The van der Waals surface area contributed by atoms with Crippen molar-refractivity contribution in [3.8, 4) is 0 Å². The summed E-state index contributed by atoms with van der Waals surface area (Å²) in [5, 5.41) is 0. The van der Waals surface area contributed by atoms with Crippen molar-refractivity contribution in [3.63, 3.8) is 0 Å². The zero-order valence-corrected chi connectivity index (χ0v) is 12.4. The molecule has 0 spiro atoms. The predicted molar refractivity (Wildman–Crippen MR) is 82.0 cm³/mol. The number of amides is 1. The predicted octanol–water partition coefficient (Wildman–Crippen LogP) is 2.66. The molecule has 1 fully saturated rings. The van der Waals surface area contributed by atoms with Crippen LogP contribution in [0.15, 0.2) is 42.9 Å². The van der Waals surface area contributed by atoms with Crippen LogP contribution in [0.1, 0.15) is 35.3 Å². The van der Waals surface area contributed by atoms with Gasteiger partial charge in [0, 0.05) is 38.2 Å². The molecular weight excluding hydrogens is 262 g/mol. The molecule has 1 saturated heterocycles. The van der Waals surface area contributed by atoms with E-state index in [0.717, 1.165) is 37.9 Å². The van der Waals surface area contributed by atoms with Crippen molar-refractivity contribution in [1.82, 2.24) is 14.5 Å². The van der Waals surface area contributed by atoms with Gasteiger partial charge in [-0.15, -0.1) is 0 Å². The van der Waals surface area contributed by atoms with Gasteiger partial charge in [0.2, 0.25) is 0 Å². The van der Waals surface area contributed by atoms with Crippen LogP contribution >= 0.6 is 0 Å². The molecule has 2 aromatic rings. The monoisotopic (exact) mass is 283 g/mol. The van der Waals surface area contributed by atoms with E-state index in [9.17, 15) is 4.79 Å². The Bertz CT molecular complexity index is 606. The zero-order valence-electron chi connectivity index (χ0n) is 12.4. The Morgan fingerprint density at radius 2 is 2.14 bits per heavy atom. The molecule has 0 bridgehead atoms. The van der Waals surface area contributed by atoms with Crippen molar-refractivity contribution in [2.24, 2.45) is 7.05 Å². The maximum absolute atomic E-state index is 12.6. The molecule has 0 saturated carbocycles. The third-order valence-electron chi connectivity index (χ3n) is 4.32. The van der Waals surface area contributed by atoms with Crippen LogP contribution in [0.3, 0.4) is 0 Å². The minimum Gasteiger partial charge on any atom is -0.347 e. The summed E-state index contributed by atoms with van der Waals surface area (Å²) in [6, 6.07) is 8.30. The molecule has 0 N–H and O–H groups in total. The summed E-state index contributed by atoms with van der Waals surface area (Å²) in [4.78, 5) is 18.7. The van der Waals surface area contributed by atoms with Gasteiger partial charge in [0.25, 0.3) is 5.91 Å². The molecule has 4 heteroatoms. The summed E-state index contributed by atoms with van der Waals surface area (Å²) in [6.45, 7) is 0.880. The smallest absolute Gasteiger partial charge is 0.270 e. The van der Waals surface area contributed by atoms with Crippen LogP contribution in [0.5, 0.6) is 0 Å². The number of hydrogen-bond acceptors (Lipinski definition) is 2. The van der Waals surface area contributed by atoms with E-state index in [1.807, 2.05) is 42.3 Å². The minimum absolute atomic E-state index is 0.166. The van der Waals surface area contributed by atoms with E-state index < -0.39 is 0 Å². The largest absolute Gasteiger partial charge is 0.347 e. The molecule has 0 aliphatic carbocycles. The van der Waals surface area contributed by atoms with Crippen LogP contribution in [0.25, 0.3) is 0 Å². The van der Waals surface area contributed by atoms with Gasteiger partial charge in [0.15, 0.2) is 0 Å². The van der Waals surface area contributed by atoms with Gasteiger partial charge in [0.05, 0.1) is 0 Å². The Balaban J connectivity index is 1.65. The van der Waals surface area contributed by atoms with Crippen LogP contribution in [0.4, 0.5) is 0 Å². The molecule has 2 aromatic heterocycles. The molecule has 0 aromatic carbocycles. The molecule has 0 radical (unpaired) electrons. The molecule has 4 nitrogen and oxygen atoms in total. The van der Waals surface area contributed by atoms with Crippen LogP contribution < -0.4 is 0 Å². The molecule has 1 aliphatic rings. The second-order valence-corrected chi connectivity index (χ2v) is 5.69. The number of pyridine rings is 1. The van der Waals surface area contributed by atoms with Crippen molar-refractivity contribution < 1.29 is 4.79 Å². The Morgan fingerprint density at radius 1 is 1.33 bits per heavy atom. The highest BCUT2D eigenvalue weighted by Gasteiger charge is 2.29. The molecule has 1 aliphatic heterocycles. The van der Waals surface area contributed by atoms with Crippen LogP contribution in [0.2, 0.25) is 0 Å². The number of carbonyl (C=O) groups is 1. The SMILES string of the molecule is Cn1cccc1C(=O)N1CCCC1CCc1ccncc1. The summed E-state index contributed by atoms with van der Waals surface area (Å²) < 4.78 is 1.90. The number of likely N-dealkylation sites (tertiary alicyclic amines) is 1. The van der Waals surface area contributed by atoms with Gasteiger partial charge in [-0.25, -0.2) is 0 Å². The van der Waals surface area contributed by atoms with Gasteiger partial charge in [-0.2, -0.15) is 0 Å². The Hall–Kier alpha value is -2.10. The maximum Gasteiger partial charge on any atom is 0.270 e. The lowest BCUT2D eigenvalue weighted by atomic mass is 10.0. The highest BCUT2D eigenvalue weighted by molar-refractivity contribution is 5.93. The molecular formula is C17H21N3O. The molecule has 21 heavy (non-hydrogen) atoms. The molecule has 1 atom stereocenters. The first-order valence-corrected chi connectivity index (χ1v) is 7.57. The van der Waals surface area contributed by atoms with Gasteiger partial charge in [-0.05, 0) is 55.5 Å². The van der Waals surface area contributed by atoms with Gasteiger partial charge < -0.3 is 9.47 Å². The molecule has 1 amide bonds. The van der Waals surface area contributed by atoms with Gasteiger partial charge in [-0.3, -0.25) is 9.78 Å². The summed E-state index contributed by atoms with van der Waals surface area (Å²) in [5.74, 6) is 0.166. The fraction of sp³-hybridized carbons (Fsp3) is 0.412. The molecule has 3 heterocycles. The van der Waals surface area contributed by atoms with Crippen LogP contribution in [-0.4, -0.2) is 32.9 Å². The average Bonchev–Trinajstić information content (AvgIpc) is 3.14. The van der Waals surface area contributed by atoms with Crippen molar-refractivity contribution in [2.45, 2.75) is 31.7 Å². The lowest BCUT2D eigenvalue weighted by Gasteiger charge is -2.25. The van der Waals surface area contributed by atoms with Gasteiger partial charge >= 0.3 is 0 Å². The third-order valence-corrected chi connectivity index (χ3v) is 4.32. The first kappa shape index (κ1) is 13.9. The van der Waals surface area contributed by atoms with Gasteiger partial charge in [-0.1, -0.05) is 0 Å². The third kappa shape index (κ3) is 2.99. The number of rotatable bonds is 4. The number of aromatic nitrogens is 2. The number of hydrogen-bond donors (Lipinski definition) is 0. The second kappa shape index (κ2) is 6.12. The Kier molecular flexibility index (Phi) is 4.04. The Morgan fingerprint density at radius 3 is 2.86 bits per heavy atom. The van der Waals surface area contributed by atoms with Crippen molar-refractivity contribution in [3.05, 3.63) is 54.1 Å². The quantitative estimate of drug-likeness (QED) is 0.865. The lowest BCUT2D eigenvalue weighted by Crippen LogP contribution is -2.36. The number of carbonyl (C=O) groups excluding carboxylic acids is 1. The lowest BCUT2D eigenvalue weighted by molar-refractivity contribution is 0.0721. The fourth-order valence-electron chi connectivity index (χ4n) is 3.12. The summed E-state index contributed by atoms with van der Waals surface area (Å²) >= 11 is 0. The second-order valence-electron chi connectivity index (χ2n) is 5.69. The number of nitrogens with zero attached hydrogens (tertiary/aromatic N) is 3. The summed E-state index contributed by atoms with van der Waals surface area (Å²) in [7, 11) is 1.93. The topological polar surface area (TPSA) is 38.1 Å². The minimum atomic E-state index is 0.166. The summed E-state index contributed by atoms with van der Waals surface area (Å²) in [6.07, 6.45) is 9.84. The van der Waals surface area contributed by atoms with E-state index >= 15 is 0 Å². The maximum atomic E-state index is 12.6. The zero-order chi connectivity index (χ0) is 14.7. The normalized spacial score (nSPS) is 18.1. The van der Waals surface area contributed by atoms with Crippen molar-refractivity contribution in [1.29, 1.82) is 0 Å². The van der Waals surface area contributed by atoms with Crippen LogP contribution in [0, 0.1) is 0 Å². The molecule has 3 rings (SSSR count). The highest BCUT2D eigenvalue weighted by Crippen LogP contribution is 2.24. The van der Waals surface area contributed by atoms with Gasteiger partial charge in [0.1, 0.15) is 5.69 Å². The van der Waals surface area contributed by atoms with E-state index in [1.165, 1.54) is 5.56 Å². The van der Waals surface area contributed by atoms with E-state index in [2.05, 4.69) is 22.0 Å². The molecule has 110 valence electrons. The summed E-state index contributed by atoms with van der Waals surface area (Å²) in [5.41, 5.74) is 2.08. The van der Waals surface area contributed by atoms with Crippen LogP contribution in [-0.2, 0) is 13.5 Å². The fourth-order valence-corrected chi connectivity index (χ4v) is 3.12. The average molecular weight is 283 g/mol. The van der Waals surface area contributed by atoms with E-state index in [-0.39, 0.29) is 5.91 Å². The van der Waals surface area contributed by atoms with E-state index in [4.69, 9.17) is 0 Å². The number of aryl methyl sites for hydroxylation is 2.